The van der Waals surface area contributed by atoms with E-state index in [2.05, 4.69) is 4.74 Å². The molecule has 8 bridgehead atoms. The van der Waals surface area contributed by atoms with Gasteiger partial charge in [0.05, 0.1) is 18.9 Å². The summed E-state index contributed by atoms with van der Waals surface area (Å²) in [6.45, 7) is 2.43. The van der Waals surface area contributed by atoms with Crippen molar-refractivity contribution in [2.45, 2.75) is 114 Å². The number of hydrogen-bond acceptors (Lipinski definition) is 11. The summed E-state index contributed by atoms with van der Waals surface area (Å²) >= 11 is 0. The van der Waals surface area contributed by atoms with E-state index in [1.165, 1.54) is 6.42 Å². The molecule has 8 aliphatic rings. The Morgan fingerprint density at radius 2 is 1.59 bits per heavy atom. The van der Waals surface area contributed by atoms with Gasteiger partial charge in [0.25, 0.3) is 0 Å². The van der Waals surface area contributed by atoms with Gasteiger partial charge < -0.3 is 23.7 Å². The lowest BCUT2D eigenvalue weighted by Gasteiger charge is -2.54. The summed E-state index contributed by atoms with van der Waals surface area (Å²) in [6, 6.07) is 0. The molecule has 12 nitrogen and oxygen atoms in total. The molecule has 0 radical (unpaired) electrons. The number of esters is 4. The Morgan fingerprint density at radius 3 is 2.18 bits per heavy atom. The summed E-state index contributed by atoms with van der Waals surface area (Å²) < 4.78 is 85.4. The van der Waals surface area contributed by atoms with Crippen LogP contribution in [0.15, 0.2) is 0 Å². The zero-order chi connectivity index (χ0) is 31.8. The Morgan fingerprint density at radius 1 is 0.977 bits per heavy atom. The normalized spacial score (nSPS) is 39.6. The van der Waals surface area contributed by atoms with Crippen LogP contribution in [-0.2, 0) is 53.0 Å². The SMILES string of the molecule is CCC(OC(=O)C12CC3CC1C(OC(=O)CCC(=O)OC(C)C(F)(F)S(=O)(=O)O)C3OC2=O)OC1C2CC3CC(C2)CC1C3. The summed E-state index contributed by atoms with van der Waals surface area (Å²) in [4.78, 5) is 51.5. The second-order valence-electron chi connectivity index (χ2n) is 13.5. The minimum atomic E-state index is -5.83. The van der Waals surface area contributed by atoms with E-state index in [-0.39, 0.29) is 18.4 Å². The Balaban J connectivity index is 1.05. The Labute approximate surface area is 253 Å². The second kappa shape index (κ2) is 11.1. The topological polar surface area (TPSA) is 169 Å². The summed E-state index contributed by atoms with van der Waals surface area (Å²) in [5.74, 6) is -2.26. The molecule has 44 heavy (non-hydrogen) atoms. The van der Waals surface area contributed by atoms with Crippen molar-refractivity contribution in [3.63, 3.8) is 0 Å². The van der Waals surface area contributed by atoms with Gasteiger partial charge in [-0.05, 0) is 75.5 Å². The predicted molar refractivity (Wildman–Crippen MR) is 142 cm³/mol. The molecule has 15 heteroatoms. The second-order valence-corrected chi connectivity index (χ2v) is 15.0. The highest BCUT2D eigenvalue weighted by molar-refractivity contribution is 7.86. The molecule has 1 N–H and O–H groups in total. The van der Waals surface area contributed by atoms with Crippen LogP contribution in [0.3, 0.4) is 0 Å². The van der Waals surface area contributed by atoms with Crippen LogP contribution in [0.2, 0.25) is 0 Å². The van der Waals surface area contributed by atoms with Crippen molar-refractivity contribution in [1.29, 1.82) is 0 Å². The van der Waals surface area contributed by atoms with Crippen molar-refractivity contribution in [1.82, 2.24) is 0 Å². The third-order valence-electron chi connectivity index (χ3n) is 10.9. The van der Waals surface area contributed by atoms with Gasteiger partial charge in [-0.15, -0.1) is 0 Å². The fourth-order valence-corrected chi connectivity index (χ4v) is 9.55. The maximum absolute atomic E-state index is 13.7. The number of rotatable bonds is 12. The van der Waals surface area contributed by atoms with E-state index >= 15 is 0 Å². The molecule has 6 saturated carbocycles. The van der Waals surface area contributed by atoms with Crippen LogP contribution in [0.5, 0.6) is 0 Å². The monoisotopic (exact) mass is 648 g/mol. The molecule has 246 valence electrons. The molecule has 6 aliphatic carbocycles. The highest BCUT2D eigenvalue weighted by Gasteiger charge is 2.75. The largest absolute Gasteiger partial charge is 0.458 e. The molecule has 0 amide bonds. The van der Waals surface area contributed by atoms with Crippen molar-refractivity contribution in [2.75, 3.05) is 0 Å². The minimum Gasteiger partial charge on any atom is -0.458 e. The first-order valence-corrected chi connectivity index (χ1v) is 16.9. The highest BCUT2D eigenvalue weighted by Crippen LogP contribution is 2.63. The molecule has 0 aromatic carbocycles. The van der Waals surface area contributed by atoms with Gasteiger partial charge in [0.15, 0.2) is 11.5 Å². The standard InChI is InChI=1S/C29H38F2O12S/c1-3-22(41-23-16-7-14-6-15(9-16)10-17(23)8-14)42-26(34)28-12-18-11-19(28)25(24(18)43-27(28)35)40-21(33)5-4-20(32)39-13(2)29(30,31)44(36,37)38/h13-19,22-25H,3-12H2,1-2H3,(H,36,37,38). The van der Waals surface area contributed by atoms with Crippen molar-refractivity contribution in [3.8, 4) is 0 Å². The van der Waals surface area contributed by atoms with E-state index < -0.39 is 88.0 Å². The average molecular weight is 649 g/mol. The smallest absolute Gasteiger partial charge is 0.405 e. The van der Waals surface area contributed by atoms with Crippen molar-refractivity contribution < 1.29 is 64.6 Å². The summed E-state index contributed by atoms with van der Waals surface area (Å²) in [5, 5.41) is -4.74. The minimum absolute atomic E-state index is 0.0171. The van der Waals surface area contributed by atoms with Crippen LogP contribution in [0.1, 0.15) is 78.1 Å². The third-order valence-corrected chi connectivity index (χ3v) is 11.9. The molecule has 2 aliphatic heterocycles. The van der Waals surface area contributed by atoms with E-state index in [4.69, 9.17) is 23.5 Å². The molecule has 0 spiro atoms. The van der Waals surface area contributed by atoms with Gasteiger partial charge in [0.2, 0.25) is 6.29 Å². The molecule has 0 aromatic rings. The Hall–Kier alpha value is -2.39. The summed E-state index contributed by atoms with van der Waals surface area (Å²) in [6.07, 6.45) is 0.439. The maximum atomic E-state index is 13.7. The van der Waals surface area contributed by atoms with Gasteiger partial charge in [0.1, 0.15) is 12.2 Å². The molecular weight excluding hydrogens is 610 g/mol. The summed E-state index contributed by atoms with van der Waals surface area (Å²) in [7, 11) is -5.83. The average Bonchev–Trinajstić information content (AvgIpc) is 3.46. The van der Waals surface area contributed by atoms with Gasteiger partial charge in [-0.3, -0.25) is 23.7 Å². The molecule has 8 rings (SSSR count). The fourth-order valence-electron chi connectivity index (χ4n) is 9.09. The van der Waals surface area contributed by atoms with Crippen LogP contribution in [0.4, 0.5) is 8.78 Å². The number of alkyl halides is 2. The molecule has 2 heterocycles. The van der Waals surface area contributed by atoms with Gasteiger partial charge in [-0.2, -0.15) is 17.2 Å². The molecular formula is C29H38F2O12S. The molecule has 7 atom stereocenters. The van der Waals surface area contributed by atoms with E-state index in [0.717, 1.165) is 37.5 Å². The first-order valence-electron chi connectivity index (χ1n) is 15.4. The van der Waals surface area contributed by atoms with Gasteiger partial charge >= 0.3 is 39.2 Å². The molecule has 8 fully saturated rings. The molecule has 7 unspecified atom stereocenters. The first kappa shape index (κ1) is 31.6. The quantitative estimate of drug-likeness (QED) is 0.108. The van der Waals surface area contributed by atoms with Crippen LogP contribution in [0.25, 0.3) is 0 Å². The molecule has 0 aromatic heterocycles. The third kappa shape index (κ3) is 5.20. The predicted octanol–water partition coefficient (Wildman–Crippen LogP) is 3.16. The zero-order valence-electron chi connectivity index (χ0n) is 24.5. The number of halogens is 2. The number of hydrogen-bond donors (Lipinski definition) is 1. The van der Waals surface area contributed by atoms with Crippen LogP contribution in [-0.4, -0.2) is 72.8 Å². The van der Waals surface area contributed by atoms with Crippen LogP contribution in [0, 0.1) is 40.9 Å². The van der Waals surface area contributed by atoms with Gasteiger partial charge in [0, 0.05) is 18.3 Å². The Bertz CT molecular complexity index is 1290. The first-order chi connectivity index (χ1) is 20.6. The van der Waals surface area contributed by atoms with E-state index in [1.807, 2.05) is 6.92 Å². The van der Waals surface area contributed by atoms with Crippen molar-refractivity contribution >= 4 is 34.0 Å². The fraction of sp³-hybridized carbons (Fsp3) is 0.862. The maximum Gasteiger partial charge on any atom is 0.405 e. The van der Waals surface area contributed by atoms with E-state index in [1.54, 1.807) is 0 Å². The lowest BCUT2D eigenvalue weighted by molar-refractivity contribution is -0.245. The Kier molecular flexibility index (Phi) is 8.00. The number of ether oxygens (including phenoxy) is 5. The van der Waals surface area contributed by atoms with Crippen molar-refractivity contribution in [2.24, 2.45) is 40.9 Å². The number of carbonyl (C=O) groups is 4. The van der Waals surface area contributed by atoms with Gasteiger partial charge in [-0.25, -0.2) is 0 Å². The number of fused-ring (bicyclic) bond motifs is 1. The lowest BCUT2D eigenvalue weighted by Crippen LogP contribution is -2.61. The summed E-state index contributed by atoms with van der Waals surface area (Å²) in [5.41, 5.74) is -1.65. The lowest BCUT2D eigenvalue weighted by atomic mass is 9.55. The van der Waals surface area contributed by atoms with Crippen LogP contribution < -0.4 is 0 Å². The van der Waals surface area contributed by atoms with E-state index in [0.29, 0.717) is 31.6 Å². The number of carbonyl (C=O) groups excluding carboxylic acids is 4. The van der Waals surface area contributed by atoms with Gasteiger partial charge in [-0.1, -0.05) is 6.92 Å². The zero-order valence-corrected chi connectivity index (χ0v) is 25.3. The van der Waals surface area contributed by atoms with Crippen LogP contribution >= 0.6 is 0 Å². The van der Waals surface area contributed by atoms with Crippen molar-refractivity contribution in [3.05, 3.63) is 0 Å². The molecule has 2 saturated heterocycles. The highest BCUT2D eigenvalue weighted by atomic mass is 32.2. The van der Waals surface area contributed by atoms with E-state index in [9.17, 15) is 36.4 Å².